The molecule has 1 heterocycles. The second kappa shape index (κ2) is 6.16. The smallest absolute Gasteiger partial charge is 0.272 e. The molecule has 0 unspecified atom stereocenters. The van der Waals surface area contributed by atoms with E-state index in [2.05, 4.69) is 15.3 Å². The number of hydrogen-bond acceptors (Lipinski definition) is 5. The molecule has 2 rings (SSSR count). The molecule has 104 valence electrons. The van der Waals surface area contributed by atoms with E-state index >= 15 is 0 Å². The highest BCUT2D eigenvalue weighted by Crippen LogP contribution is 2.16. The van der Waals surface area contributed by atoms with E-state index < -0.39 is 10.7 Å². The Balaban J connectivity index is 1.99. The topological polar surface area (TPSA) is 81.0 Å². The number of nitro groups is 1. The van der Waals surface area contributed by atoms with Crippen LogP contribution in [-0.2, 0) is 13.1 Å². The minimum atomic E-state index is -0.617. The number of nitrogens with one attached hydrogen (secondary N) is 1. The standard InChI is InChI=1S/C13H13FN4O2/c1-9-16-3-2-12(17-9)8-15-7-10-4-11(14)6-13(5-10)18(19)20/h2-6,15H,7-8H2,1H3. The summed E-state index contributed by atoms with van der Waals surface area (Å²) in [4.78, 5) is 18.2. The maximum Gasteiger partial charge on any atom is 0.272 e. The fourth-order valence-electron chi connectivity index (χ4n) is 1.78. The molecule has 2 aromatic rings. The van der Waals surface area contributed by atoms with Crippen LogP contribution in [0.2, 0.25) is 0 Å². The van der Waals surface area contributed by atoms with Crippen molar-refractivity contribution in [3.05, 3.63) is 63.5 Å². The van der Waals surface area contributed by atoms with Gasteiger partial charge in [-0.1, -0.05) is 0 Å². The molecule has 0 saturated heterocycles. The van der Waals surface area contributed by atoms with Gasteiger partial charge >= 0.3 is 0 Å². The molecule has 20 heavy (non-hydrogen) atoms. The number of nitrogens with zero attached hydrogens (tertiary/aromatic N) is 3. The lowest BCUT2D eigenvalue weighted by atomic mass is 10.2. The lowest BCUT2D eigenvalue weighted by molar-refractivity contribution is -0.385. The van der Waals surface area contributed by atoms with E-state index in [4.69, 9.17) is 0 Å². The minimum absolute atomic E-state index is 0.250. The predicted octanol–water partition coefficient (Wildman–Crippen LogP) is 2.12. The van der Waals surface area contributed by atoms with E-state index in [1.165, 1.54) is 12.1 Å². The molecule has 7 heteroatoms. The van der Waals surface area contributed by atoms with Gasteiger partial charge in [0, 0.05) is 25.4 Å². The Morgan fingerprint density at radius 1 is 1.35 bits per heavy atom. The first-order valence-electron chi connectivity index (χ1n) is 5.98. The van der Waals surface area contributed by atoms with E-state index in [0.717, 1.165) is 11.8 Å². The van der Waals surface area contributed by atoms with Gasteiger partial charge in [-0.2, -0.15) is 0 Å². The van der Waals surface area contributed by atoms with Crippen LogP contribution in [0.5, 0.6) is 0 Å². The van der Waals surface area contributed by atoms with E-state index in [9.17, 15) is 14.5 Å². The van der Waals surface area contributed by atoms with Crippen molar-refractivity contribution in [2.24, 2.45) is 0 Å². The van der Waals surface area contributed by atoms with Gasteiger partial charge in [0.2, 0.25) is 0 Å². The Hall–Kier alpha value is -2.41. The van der Waals surface area contributed by atoms with Crippen molar-refractivity contribution in [2.45, 2.75) is 20.0 Å². The molecule has 0 aliphatic rings. The maximum atomic E-state index is 13.2. The fourth-order valence-corrected chi connectivity index (χ4v) is 1.78. The number of halogens is 1. The van der Waals surface area contributed by atoms with Gasteiger partial charge in [-0.05, 0) is 24.6 Å². The summed E-state index contributed by atoms with van der Waals surface area (Å²) < 4.78 is 13.2. The summed E-state index contributed by atoms with van der Waals surface area (Å²) >= 11 is 0. The molecule has 6 nitrogen and oxygen atoms in total. The van der Waals surface area contributed by atoms with Gasteiger partial charge in [-0.15, -0.1) is 0 Å². The molecule has 1 aromatic heterocycles. The summed E-state index contributed by atoms with van der Waals surface area (Å²) in [5.41, 5.74) is 1.07. The molecule has 0 aliphatic heterocycles. The Bertz CT molecular complexity index is 634. The van der Waals surface area contributed by atoms with Crippen molar-refractivity contribution in [3.63, 3.8) is 0 Å². The highest BCUT2D eigenvalue weighted by molar-refractivity contribution is 5.35. The predicted molar refractivity (Wildman–Crippen MR) is 70.4 cm³/mol. The Morgan fingerprint density at radius 3 is 2.85 bits per heavy atom. The zero-order valence-corrected chi connectivity index (χ0v) is 10.8. The number of hydrogen-bond donors (Lipinski definition) is 1. The van der Waals surface area contributed by atoms with Gasteiger partial charge in [-0.3, -0.25) is 10.1 Å². The first kappa shape index (κ1) is 14.0. The van der Waals surface area contributed by atoms with Crippen molar-refractivity contribution in [1.29, 1.82) is 0 Å². The van der Waals surface area contributed by atoms with Crippen LogP contribution in [0.25, 0.3) is 0 Å². The van der Waals surface area contributed by atoms with Crippen LogP contribution in [0.15, 0.2) is 30.5 Å². The van der Waals surface area contributed by atoms with Crippen molar-refractivity contribution in [2.75, 3.05) is 0 Å². The van der Waals surface area contributed by atoms with Crippen LogP contribution in [0, 0.1) is 22.9 Å². The highest BCUT2D eigenvalue weighted by atomic mass is 19.1. The van der Waals surface area contributed by atoms with E-state index in [1.807, 2.05) is 0 Å². The van der Waals surface area contributed by atoms with Crippen molar-refractivity contribution >= 4 is 5.69 Å². The molecule has 0 radical (unpaired) electrons. The summed E-state index contributed by atoms with van der Waals surface area (Å²) in [5.74, 6) is 0.0552. The van der Waals surface area contributed by atoms with Crippen LogP contribution in [-0.4, -0.2) is 14.9 Å². The quantitative estimate of drug-likeness (QED) is 0.668. The SMILES string of the molecule is Cc1nccc(CNCc2cc(F)cc([N+](=O)[O-])c2)n1. The molecule has 0 atom stereocenters. The zero-order valence-electron chi connectivity index (χ0n) is 10.8. The number of benzene rings is 1. The molecular formula is C13H13FN4O2. The number of aromatic nitrogens is 2. The summed E-state index contributed by atoms with van der Waals surface area (Å²) in [6.45, 7) is 2.59. The minimum Gasteiger partial charge on any atom is -0.307 e. The maximum absolute atomic E-state index is 13.2. The monoisotopic (exact) mass is 276 g/mol. The second-order valence-electron chi connectivity index (χ2n) is 4.27. The number of rotatable bonds is 5. The van der Waals surface area contributed by atoms with Crippen LogP contribution in [0.4, 0.5) is 10.1 Å². The molecule has 0 bridgehead atoms. The Morgan fingerprint density at radius 2 is 2.15 bits per heavy atom. The third-order valence-corrected chi connectivity index (χ3v) is 2.62. The average Bonchev–Trinajstić information content (AvgIpc) is 2.38. The molecule has 0 saturated carbocycles. The molecule has 1 aromatic carbocycles. The van der Waals surface area contributed by atoms with Gasteiger partial charge in [0.25, 0.3) is 5.69 Å². The molecule has 0 fully saturated rings. The van der Waals surface area contributed by atoms with Gasteiger partial charge in [0.05, 0.1) is 16.7 Å². The van der Waals surface area contributed by atoms with Gasteiger partial charge in [0.1, 0.15) is 11.6 Å². The lowest BCUT2D eigenvalue weighted by Gasteiger charge is -2.05. The molecule has 0 spiro atoms. The molecule has 1 N–H and O–H groups in total. The lowest BCUT2D eigenvalue weighted by Crippen LogP contribution is -2.14. The summed E-state index contributed by atoms with van der Waals surface area (Å²) in [7, 11) is 0. The Labute approximate surface area is 114 Å². The fraction of sp³-hybridized carbons (Fsp3) is 0.231. The van der Waals surface area contributed by atoms with Crippen LogP contribution in [0.1, 0.15) is 17.1 Å². The van der Waals surface area contributed by atoms with Gasteiger partial charge in [0.15, 0.2) is 0 Å². The zero-order chi connectivity index (χ0) is 14.5. The normalized spacial score (nSPS) is 10.5. The number of non-ortho nitro benzene ring substituents is 1. The molecular weight excluding hydrogens is 263 g/mol. The van der Waals surface area contributed by atoms with E-state index in [-0.39, 0.29) is 5.69 Å². The summed E-state index contributed by atoms with van der Waals surface area (Å²) in [6.07, 6.45) is 1.66. The average molecular weight is 276 g/mol. The number of aryl methyl sites for hydroxylation is 1. The highest BCUT2D eigenvalue weighted by Gasteiger charge is 2.09. The first-order valence-corrected chi connectivity index (χ1v) is 5.98. The van der Waals surface area contributed by atoms with Crippen molar-refractivity contribution < 1.29 is 9.31 Å². The largest absolute Gasteiger partial charge is 0.307 e. The van der Waals surface area contributed by atoms with Gasteiger partial charge in [-0.25, -0.2) is 14.4 Å². The molecule has 0 aliphatic carbocycles. The number of nitro benzene ring substituents is 1. The van der Waals surface area contributed by atoms with E-state index in [1.54, 1.807) is 19.2 Å². The van der Waals surface area contributed by atoms with Crippen LogP contribution in [0.3, 0.4) is 0 Å². The third-order valence-electron chi connectivity index (χ3n) is 2.62. The van der Waals surface area contributed by atoms with Crippen molar-refractivity contribution in [1.82, 2.24) is 15.3 Å². The summed E-state index contributed by atoms with van der Waals surface area (Å²) in [6, 6.07) is 5.29. The second-order valence-corrected chi connectivity index (χ2v) is 4.27. The van der Waals surface area contributed by atoms with Crippen LogP contribution >= 0.6 is 0 Å². The van der Waals surface area contributed by atoms with Crippen LogP contribution < -0.4 is 5.32 Å². The first-order chi connectivity index (χ1) is 9.54. The van der Waals surface area contributed by atoms with Crippen molar-refractivity contribution in [3.8, 4) is 0 Å². The van der Waals surface area contributed by atoms with E-state index in [0.29, 0.717) is 24.5 Å². The summed E-state index contributed by atoms with van der Waals surface area (Å²) in [5, 5.41) is 13.7. The van der Waals surface area contributed by atoms with Gasteiger partial charge < -0.3 is 5.32 Å². The molecule has 0 amide bonds. The third kappa shape index (κ3) is 3.79. The Kier molecular flexibility index (Phi) is 4.31.